The third kappa shape index (κ3) is 28.6. The SMILES string of the molecule is C\C(=C/C=C/C(C)=[N+](\CCCS(=O)(=O)O)c1ccc(CNC(=O)CI)cc1C)N(CCCCCC(=O)NCCCCCCOP(=O)(O)OP(=O)(O)OP(=O)(O)OP(=O)(O)OP(=O)(O)OP(=O)(O)OC[C@H]1O[C@@H](n2cnc3c(=O)[nH]c(N)nc32)CC1O)c1ccc(S(=O)(=O)O)cc1C. The highest BCUT2D eigenvalue weighted by Crippen LogP contribution is 2.75. The van der Waals surface area contributed by atoms with Crippen LogP contribution < -0.4 is 26.8 Å². The molecule has 2 aromatic heterocycles. The van der Waals surface area contributed by atoms with Gasteiger partial charge in [0.2, 0.25) is 23.5 Å². The zero-order valence-electron chi connectivity index (χ0n) is 52.0. The monoisotopic (exact) mass is 1650 g/mol. The maximum Gasteiger partial charge on any atom is 0.490 e. The molecule has 0 spiro atoms. The van der Waals surface area contributed by atoms with Crippen LogP contribution in [0.25, 0.3) is 11.2 Å². The second kappa shape index (κ2) is 36.1. The molecule has 0 aliphatic carbocycles. The standard InChI is InChI=1S/C49H74IN9O30P6S2/c1-33-26-37(30-53-44(62)29-50)17-19-39(33)58(23-13-25-96(76,77)78)36(4)15-12-14-35(3)57(40-20-18-38(27-34(40)2)97(79,80)81)22-10-7-8-16-43(61)52-21-9-5-6-11-24-82-90(64,65)85-92(68,69)87-94(72,73)89-95(74,75)88-93(70,71)86-91(66,67)83-31-42-41(60)28-45(84-42)59-32-54-46-47(59)55-49(51)56-48(46)63/h12,14-15,17-20,26-27,32,41-42,45,60H,5-11,13,16,21-25,28-31H2,1-4H3,(H12-,51,52,53,55,56,61,62,63,64,65,66,67,68,69,70,71,72,73,74,75,76,77,78,79,80,81)/p+1/t41?,42-,45-/m1/s1. The number of H-pyrrole nitrogens is 1. The average Bonchev–Trinajstić information content (AvgIpc) is 1.70. The Kier molecular flexibility index (Phi) is 31.1. The molecule has 9 atom stereocenters. The van der Waals surface area contributed by atoms with Crippen molar-refractivity contribution in [2.24, 2.45) is 0 Å². The summed E-state index contributed by atoms with van der Waals surface area (Å²) in [5.74, 6) is -1.14. The summed E-state index contributed by atoms with van der Waals surface area (Å²) < 4.78 is 178. The Morgan fingerprint density at radius 3 is 2.01 bits per heavy atom. The number of aryl methyl sites for hydroxylation is 2. The zero-order valence-corrected chi connectivity index (χ0v) is 61.2. The van der Waals surface area contributed by atoms with Gasteiger partial charge in [-0.1, -0.05) is 54.0 Å². The number of fused-ring (bicyclic) bond motifs is 1. The van der Waals surface area contributed by atoms with E-state index in [4.69, 9.17) is 10.5 Å². The third-order valence-corrected chi connectivity index (χ3v) is 25.1. The summed E-state index contributed by atoms with van der Waals surface area (Å²) in [6.07, 6.45) is 5.16. The molecule has 14 N–H and O–H groups in total. The smallest absolute Gasteiger partial charge is 0.390 e. The van der Waals surface area contributed by atoms with E-state index in [0.29, 0.717) is 67.3 Å². The van der Waals surface area contributed by atoms with Gasteiger partial charge in [-0.25, -0.2) is 32.4 Å². The summed E-state index contributed by atoms with van der Waals surface area (Å²) >= 11 is 1.97. The molecule has 7 unspecified atom stereocenters. The molecule has 1 saturated heterocycles. The second-order valence-electron chi connectivity index (χ2n) is 21.3. The van der Waals surface area contributed by atoms with E-state index in [2.05, 4.69) is 56.2 Å². The molecule has 1 aliphatic rings. The summed E-state index contributed by atoms with van der Waals surface area (Å²) in [7, 11) is -46.1. The number of amides is 2. The van der Waals surface area contributed by atoms with Gasteiger partial charge in [-0.3, -0.25) is 42.1 Å². The number of nitrogen functional groups attached to an aromatic ring is 1. The molecule has 48 heteroatoms. The van der Waals surface area contributed by atoms with Gasteiger partial charge in [0.15, 0.2) is 16.9 Å². The number of phosphoric ester groups is 2. The molecule has 3 heterocycles. The fraction of sp³-hybridized carbons (Fsp3) is 0.510. The van der Waals surface area contributed by atoms with E-state index < -0.39 is 110 Å². The van der Waals surface area contributed by atoms with Gasteiger partial charge >= 0.3 is 46.9 Å². The molecule has 0 saturated carbocycles. The lowest BCUT2D eigenvalue weighted by atomic mass is 10.1. The molecule has 0 radical (unpaired) electrons. The van der Waals surface area contributed by atoms with Crippen LogP contribution in [0.15, 0.2) is 76.3 Å². The van der Waals surface area contributed by atoms with Gasteiger partial charge in [0, 0.05) is 74.9 Å². The predicted molar refractivity (Wildman–Crippen MR) is 353 cm³/mol. The Morgan fingerprint density at radius 2 is 1.41 bits per heavy atom. The van der Waals surface area contributed by atoms with E-state index in [0.717, 1.165) is 34.6 Å². The number of aliphatic hydroxyl groups is 1. The number of hydrogen-bond donors (Lipinski definition) is 13. The van der Waals surface area contributed by atoms with Crippen molar-refractivity contribution < 1.29 is 137 Å². The van der Waals surface area contributed by atoms with Crippen LogP contribution in [-0.2, 0) is 99.1 Å². The molecule has 544 valence electrons. The number of aromatic nitrogens is 4. The lowest BCUT2D eigenvalue weighted by molar-refractivity contribution is -0.440. The minimum Gasteiger partial charge on any atom is -0.390 e. The highest BCUT2D eigenvalue weighted by atomic mass is 127. The summed E-state index contributed by atoms with van der Waals surface area (Å²) in [5, 5.41) is 16.1. The quantitative estimate of drug-likeness (QED) is 0.00340. The largest absolute Gasteiger partial charge is 0.490 e. The van der Waals surface area contributed by atoms with Crippen LogP contribution in [0, 0.1) is 13.8 Å². The molecule has 2 aromatic carbocycles. The van der Waals surface area contributed by atoms with Gasteiger partial charge in [-0.15, -0.1) is 0 Å². The number of rotatable bonds is 41. The lowest BCUT2D eigenvalue weighted by Gasteiger charge is -2.27. The number of imidazole rings is 1. The lowest BCUT2D eigenvalue weighted by Crippen LogP contribution is -2.26. The first-order valence-corrected chi connectivity index (χ1v) is 42.3. The van der Waals surface area contributed by atoms with E-state index >= 15 is 0 Å². The normalized spacial score (nSPS) is 19.6. The summed E-state index contributed by atoms with van der Waals surface area (Å²) in [5.41, 5.74) is 9.71. The Hall–Kier alpha value is -4.19. The number of aromatic amines is 1. The molecule has 5 rings (SSSR count). The predicted octanol–water partition coefficient (Wildman–Crippen LogP) is 6.27. The van der Waals surface area contributed by atoms with Crippen LogP contribution in [0.3, 0.4) is 0 Å². The molecule has 1 aliphatic heterocycles. The summed E-state index contributed by atoms with van der Waals surface area (Å²) in [6.45, 7) is 6.69. The van der Waals surface area contributed by atoms with Crippen molar-refractivity contribution in [3.63, 3.8) is 0 Å². The van der Waals surface area contributed by atoms with E-state index in [1.165, 1.54) is 16.7 Å². The fourth-order valence-electron chi connectivity index (χ4n) is 9.28. The topological polar surface area (TPSA) is 581 Å². The first kappa shape index (κ1) is 83.5. The Morgan fingerprint density at radius 1 is 0.804 bits per heavy atom. The van der Waals surface area contributed by atoms with Crippen LogP contribution in [0.1, 0.15) is 101 Å². The minimum absolute atomic E-state index is 0.00237. The van der Waals surface area contributed by atoms with E-state index in [1.54, 1.807) is 19.1 Å². The number of ether oxygens (including phenoxy) is 1. The third-order valence-electron chi connectivity index (χ3n) is 13.6. The van der Waals surface area contributed by atoms with Gasteiger partial charge in [-0.2, -0.15) is 47.9 Å². The molecule has 39 nitrogen and oxygen atoms in total. The highest BCUT2D eigenvalue weighted by Gasteiger charge is 2.50. The molecular weight excluding hydrogens is 1570 g/mol. The van der Waals surface area contributed by atoms with Crippen molar-refractivity contribution in [2.75, 3.05) is 53.7 Å². The number of anilines is 2. The number of nitrogens with zero attached hydrogens (tertiary/aromatic N) is 5. The van der Waals surface area contributed by atoms with Crippen LogP contribution in [0.4, 0.5) is 17.3 Å². The number of carbonyl (C=O) groups is 2. The minimum atomic E-state index is -6.55. The molecule has 0 bridgehead atoms. The number of nitrogens with two attached hydrogens (primary N) is 1. The van der Waals surface area contributed by atoms with Crippen molar-refractivity contribution >= 4 is 136 Å². The first-order chi connectivity index (χ1) is 44.9. The highest BCUT2D eigenvalue weighted by molar-refractivity contribution is 14.1. The van der Waals surface area contributed by atoms with E-state index in [1.807, 2.05) is 83.2 Å². The molecule has 97 heavy (non-hydrogen) atoms. The maximum atomic E-state index is 12.7. The number of alkyl halides is 1. The fourth-order valence-corrected chi connectivity index (χ4v) is 18.4. The van der Waals surface area contributed by atoms with Crippen LogP contribution in [0.5, 0.6) is 0 Å². The number of allylic oxidation sites excluding steroid dienone is 4. The number of halogens is 1. The molecule has 4 aromatic rings. The maximum absolute atomic E-state index is 12.7. The number of nitrogens with one attached hydrogen (secondary N) is 3. The van der Waals surface area contributed by atoms with E-state index in [9.17, 15) is 102 Å². The first-order valence-electron chi connectivity index (χ1n) is 28.7. The molecular formula is C49H75IN9O30P6S2+. The summed E-state index contributed by atoms with van der Waals surface area (Å²) in [6, 6.07) is 9.81. The molecule has 2 amide bonds. The number of hydrogen-bond acceptors (Lipinski definition) is 26. The average molecular weight is 1650 g/mol. The van der Waals surface area contributed by atoms with Crippen molar-refractivity contribution in [3.8, 4) is 0 Å². The van der Waals surface area contributed by atoms with Crippen molar-refractivity contribution in [3.05, 3.63) is 93.7 Å². The van der Waals surface area contributed by atoms with Gasteiger partial charge in [0.1, 0.15) is 18.9 Å². The Bertz CT molecular complexity index is 4180. The zero-order chi connectivity index (χ0) is 72.5. The van der Waals surface area contributed by atoms with Gasteiger partial charge in [-0.05, 0) is 87.9 Å². The number of unbranched alkanes of at least 4 members (excludes halogenated alkanes) is 5. The van der Waals surface area contributed by atoms with Gasteiger partial charge in [0.25, 0.3) is 25.8 Å². The number of carbonyl (C=O) groups excluding carboxylic acids is 2. The Balaban J connectivity index is 1.03. The number of phosphoric acid groups is 6. The van der Waals surface area contributed by atoms with Crippen molar-refractivity contribution in [1.82, 2.24) is 30.2 Å². The Labute approximate surface area is 569 Å². The second-order valence-corrected chi connectivity index (χ2v) is 34.5. The van der Waals surface area contributed by atoms with Crippen LogP contribution >= 0.6 is 69.5 Å². The number of benzene rings is 2. The number of aliphatic hydroxyl groups excluding tert-OH is 1. The van der Waals surface area contributed by atoms with Crippen molar-refractivity contribution in [1.29, 1.82) is 0 Å². The van der Waals surface area contributed by atoms with Crippen LogP contribution in [0.2, 0.25) is 0 Å². The summed E-state index contributed by atoms with van der Waals surface area (Å²) in [4.78, 5) is 108. The van der Waals surface area contributed by atoms with Crippen molar-refractivity contribution in [2.45, 2.75) is 122 Å². The molecule has 1 fully saturated rings. The van der Waals surface area contributed by atoms with E-state index in [-0.39, 0.29) is 72.6 Å². The van der Waals surface area contributed by atoms with Gasteiger partial charge < -0.3 is 60.5 Å². The van der Waals surface area contributed by atoms with Gasteiger partial charge in [0.05, 0.1) is 40.7 Å². The van der Waals surface area contributed by atoms with Crippen LogP contribution in [-0.4, -0.2) is 157 Å².